The zero-order chi connectivity index (χ0) is 23.1. The lowest BCUT2D eigenvalue weighted by Crippen LogP contribution is -2.31. The first-order chi connectivity index (χ1) is 15.5. The van der Waals surface area contributed by atoms with Gasteiger partial charge >= 0.3 is 0 Å². The number of methoxy groups -OCH3 is 1. The molecule has 1 heterocycles. The van der Waals surface area contributed by atoms with Gasteiger partial charge in [-0.1, -0.05) is 43.8 Å². The van der Waals surface area contributed by atoms with Crippen molar-refractivity contribution in [3.05, 3.63) is 83.4 Å². The second-order valence-electron chi connectivity index (χ2n) is 7.56. The Morgan fingerprint density at radius 1 is 1.12 bits per heavy atom. The molecule has 1 N–H and O–H groups in total. The van der Waals surface area contributed by atoms with Gasteiger partial charge in [-0.05, 0) is 48.2 Å². The number of nitrogens with zero attached hydrogens (tertiary/aromatic N) is 1. The minimum atomic E-state index is -0.684. The topological polar surface area (TPSA) is 76.1 Å². The summed E-state index contributed by atoms with van der Waals surface area (Å²) >= 11 is 0. The van der Waals surface area contributed by atoms with Gasteiger partial charge in [0.15, 0.2) is 0 Å². The Hall–Kier alpha value is -3.38. The summed E-state index contributed by atoms with van der Waals surface area (Å²) in [5.41, 5.74) is 2.48. The number of hydrogen-bond donors (Lipinski definition) is 1. The number of ether oxygens (including phenoxy) is 2. The molecule has 0 bridgehead atoms. The summed E-state index contributed by atoms with van der Waals surface area (Å²) in [6, 6.07) is 13.9. The third-order valence-electron chi connectivity index (χ3n) is 5.49. The molecule has 168 valence electrons. The van der Waals surface area contributed by atoms with Crippen molar-refractivity contribution in [1.82, 2.24) is 4.90 Å². The lowest BCUT2D eigenvalue weighted by molar-refractivity contribution is -0.140. The highest BCUT2D eigenvalue weighted by Gasteiger charge is 2.45. The molecule has 0 radical (unpaired) electrons. The van der Waals surface area contributed by atoms with Crippen LogP contribution in [-0.2, 0) is 20.7 Å². The van der Waals surface area contributed by atoms with Crippen LogP contribution in [-0.4, -0.2) is 48.6 Å². The summed E-state index contributed by atoms with van der Waals surface area (Å²) in [5, 5.41) is 11.1. The number of likely N-dealkylation sites (tertiary alicyclic amines) is 1. The first-order valence-electron chi connectivity index (χ1n) is 10.7. The molecule has 2 aromatic carbocycles. The molecule has 1 amide bonds. The number of hydrogen-bond acceptors (Lipinski definition) is 5. The van der Waals surface area contributed by atoms with Gasteiger partial charge in [-0.2, -0.15) is 0 Å². The van der Waals surface area contributed by atoms with E-state index in [1.807, 2.05) is 24.3 Å². The van der Waals surface area contributed by atoms with E-state index < -0.39 is 17.7 Å². The molecule has 0 aromatic heterocycles. The van der Waals surface area contributed by atoms with Gasteiger partial charge in [0.2, 0.25) is 0 Å². The Balaban J connectivity index is 2.03. The van der Waals surface area contributed by atoms with Gasteiger partial charge in [0, 0.05) is 25.8 Å². The van der Waals surface area contributed by atoms with Crippen molar-refractivity contribution in [1.29, 1.82) is 0 Å². The van der Waals surface area contributed by atoms with Crippen LogP contribution in [0.15, 0.2) is 66.8 Å². The van der Waals surface area contributed by atoms with E-state index in [0.29, 0.717) is 37.5 Å². The number of amides is 1. The minimum Gasteiger partial charge on any atom is -0.507 e. The van der Waals surface area contributed by atoms with Crippen LogP contribution in [0.3, 0.4) is 0 Å². The average Bonchev–Trinajstić information content (AvgIpc) is 3.08. The van der Waals surface area contributed by atoms with Gasteiger partial charge in [0.25, 0.3) is 11.7 Å². The number of carbonyl (C=O) groups is 2. The number of aliphatic hydroxyl groups is 1. The van der Waals surface area contributed by atoms with Crippen molar-refractivity contribution >= 4 is 17.4 Å². The van der Waals surface area contributed by atoms with Crippen molar-refractivity contribution in [2.24, 2.45) is 0 Å². The highest BCUT2D eigenvalue weighted by Crippen LogP contribution is 2.39. The van der Waals surface area contributed by atoms with Crippen LogP contribution in [0, 0.1) is 0 Å². The molecule has 1 saturated heterocycles. The number of Topliss-reactive ketones (excluding diaryl/α,β-unsaturated/α-hetero) is 1. The van der Waals surface area contributed by atoms with Crippen LogP contribution < -0.4 is 4.74 Å². The minimum absolute atomic E-state index is 0.0939. The van der Waals surface area contributed by atoms with Crippen molar-refractivity contribution < 1.29 is 24.2 Å². The third kappa shape index (κ3) is 4.92. The first-order valence-corrected chi connectivity index (χ1v) is 10.7. The summed E-state index contributed by atoms with van der Waals surface area (Å²) in [5.74, 6) is -0.875. The number of aryl methyl sites for hydroxylation is 1. The number of aliphatic hydroxyl groups excluding tert-OH is 1. The smallest absolute Gasteiger partial charge is 0.295 e. The zero-order valence-corrected chi connectivity index (χ0v) is 18.5. The monoisotopic (exact) mass is 435 g/mol. The number of ketones is 1. The molecule has 1 unspecified atom stereocenters. The summed E-state index contributed by atoms with van der Waals surface area (Å²) in [6.07, 6.45) is 3.11. The van der Waals surface area contributed by atoms with Crippen molar-refractivity contribution in [2.75, 3.05) is 26.9 Å². The molecule has 32 heavy (non-hydrogen) atoms. The Morgan fingerprint density at radius 3 is 2.41 bits per heavy atom. The van der Waals surface area contributed by atoms with Gasteiger partial charge in [-0.25, -0.2) is 0 Å². The van der Waals surface area contributed by atoms with Crippen LogP contribution in [0.1, 0.15) is 36.1 Å². The molecule has 6 nitrogen and oxygen atoms in total. The molecule has 1 aliphatic heterocycles. The molecule has 0 saturated carbocycles. The maximum Gasteiger partial charge on any atom is 0.295 e. The summed E-state index contributed by atoms with van der Waals surface area (Å²) < 4.78 is 10.6. The number of carbonyl (C=O) groups excluding carboxylic acids is 2. The predicted octanol–water partition coefficient (Wildman–Crippen LogP) is 4.27. The molecule has 0 aliphatic carbocycles. The SMILES string of the molecule is C=CCOc1ccc(/C(O)=C2\C(=O)C(=O)N(CCCOC)C2c2ccc(CC)cc2)cc1. The molecule has 2 aromatic rings. The molecule has 0 spiro atoms. The van der Waals surface area contributed by atoms with Crippen LogP contribution in [0.25, 0.3) is 5.76 Å². The van der Waals surface area contributed by atoms with E-state index in [-0.39, 0.29) is 11.3 Å². The van der Waals surface area contributed by atoms with Crippen molar-refractivity contribution in [3.8, 4) is 5.75 Å². The Kier molecular flexibility index (Phi) is 7.84. The Bertz CT molecular complexity index is 992. The summed E-state index contributed by atoms with van der Waals surface area (Å²) in [7, 11) is 1.59. The maximum atomic E-state index is 13.0. The van der Waals surface area contributed by atoms with Gasteiger partial charge in [0.05, 0.1) is 11.6 Å². The molecule has 1 fully saturated rings. The lowest BCUT2D eigenvalue weighted by Gasteiger charge is -2.25. The normalized spacial score (nSPS) is 17.6. The summed E-state index contributed by atoms with van der Waals surface area (Å²) in [4.78, 5) is 27.4. The van der Waals surface area contributed by atoms with Gasteiger partial charge in [-0.15, -0.1) is 0 Å². The molecular formula is C26H29NO5. The van der Waals surface area contributed by atoms with Gasteiger partial charge in [-0.3, -0.25) is 9.59 Å². The second kappa shape index (κ2) is 10.8. The van der Waals surface area contributed by atoms with E-state index in [1.165, 1.54) is 4.90 Å². The lowest BCUT2D eigenvalue weighted by atomic mass is 9.94. The third-order valence-corrected chi connectivity index (χ3v) is 5.49. The fraction of sp³-hybridized carbons (Fsp3) is 0.308. The van der Waals surface area contributed by atoms with E-state index in [0.717, 1.165) is 17.5 Å². The van der Waals surface area contributed by atoms with Crippen LogP contribution in [0.4, 0.5) is 0 Å². The molecule has 3 rings (SSSR count). The molecule has 1 aliphatic rings. The van der Waals surface area contributed by atoms with Crippen LogP contribution >= 0.6 is 0 Å². The quantitative estimate of drug-likeness (QED) is 0.198. The zero-order valence-electron chi connectivity index (χ0n) is 18.5. The Morgan fingerprint density at radius 2 is 1.81 bits per heavy atom. The molecule has 6 heteroatoms. The van der Waals surface area contributed by atoms with E-state index in [9.17, 15) is 14.7 Å². The number of benzene rings is 2. The fourth-order valence-electron chi connectivity index (χ4n) is 3.79. The highest BCUT2D eigenvalue weighted by molar-refractivity contribution is 6.46. The molecule has 1 atom stereocenters. The van der Waals surface area contributed by atoms with Crippen LogP contribution in [0.5, 0.6) is 5.75 Å². The standard InChI is InChI=1S/C26H29NO5/c1-4-16-32-21-13-11-20(12-14-21)24(28)22-23(19-9-7-18(5-2)8-10-19)27(15-6-17-31-3)26(30)25(22)29/h4,7-14,23,28H,1,5-6,15-17H2,2-3H3/b24-22+. The van der Waals surface area contributed by atoms with E-state index in [2.05, 4.69) is 13.5 Å². The maximum absolute atomic E-state index is 13.0. The van der Waals surface area contributed by atoms with Crippen molar-refractivity contribution in [3.63, 3.8) is 0 Å². The summed E-state index contributed by atoms with van der Waals surface area (Å²) in [6.45, 7) is 6.87. The largest absolute Gasteiger partial charge is 0.507 e. The van der Waals surface area contributed by atoms with Crippen molar-refractivity contribution in [2.45, 2.75) is 25.8 Å². The van der Waals surface area contributed by atoms with E-state index >= 15 is 0 Å². The number of rotatable bonds is 10. The first kappa shape index (κ1) is 23.3. The second-order valence-corrected chi connectivity index (χ2v) is 7.56. The van der Waals surface area contributed by atoms with E-state index in [1.54, 1.807) is 37.5 Å². The average molecular weight is 436 g/mol. The fourth-order valence-corrected chi connectivity index (χ4v) is 3.79. The van der Waals surface area contributed by atoms with Gasteiger partial charge < -0.3 is 19.5 Å². The van der Waals surface area contributed by atoms with Gasteiger partial charge in [0.1, 0.15) is 18.1 Å². The molecular weight excluding hydrogens is 406 g/mol. The highest BCUT2D eigenvalue weighted by atomic mass is 16.5. The van der Waals surface area contributed by atoms with E-state index in [4.69, 9.17) is 9.47 Å². The predicted molar refractivity (Wildman–Crippen MR) is 123 cm³/mol. The van der Waals surface area contributed by atoms with Crippen LogP contribution in [0.2, 0.25) is 0 Å². The Labute approximate surface area is 188 Å².